The molecule has 8 heteroatoms. The van der Waals surface area contributed by atoms with Gasteiger partial charge >= 0.3 is 0 Å². The Balaban J connectivity index is 1.37. The smallest absolute Gasteiger partial charge is 0.243 e. The monoisotopic (exact) mass is 457 g/mol. The van der Waals surface area contributed by atoms with E-state index in [2.05, 4.69) is 17.0 Å². The summed E-state index contributed by atoms with van der Waals surface area (Å²) in [4.78, 5) is 17.6. The number of hydrogen-bond donors (Lipinski definition) is 0. The number of para-hydroxylation sites is 1. The van der Waals surface area contributed by atoms with Crippen molar-refractivity contribution >= 4 is 21.6 Å². The van der Waals surface area contributed by atoms with E-state index in [1.54, 1.807) is 24.3 Å². The average molecular weight is 458 g/mol. The zero-order valence-electron chi connectivity index (χ0n) is 18.5. The number of rotatable bonds is 6. The number of hydrogen-bond acceptors (Lipinski definition) is 5. The van der Waals surface area contributed by atoms with Gasteiger partial charge in [-0.25, -0.2) is 8.42 Å². The number of piperazine rings is 1. The zero-order chi connectivity index (χ0) is 22.6. The maximum Gasteiger partial charge on any atom is 0.243 e. The molecule has 2 aromatic rings. The van der Waals surface area contributed by atoms with Gasteiger partial charge in [-0.15, -0.1) is 0 Å². The molecule has 0 radical (unpaired) electrons. The lowest BCUT2D eigenvalue weighted by Crippen LogP contribution is -2.53. The molecule has 2 fully saturated rings. The number of piperidine rings is 1. The van der Waals surface area contributed by atoms with Gasteiger partial charge in [-0.05, 0) is 56.2 Å². The molecule has 2 heterocycles. The Bertz CT molecular complexity index is 1000. The molecule has 172 valence electrons. The molecule has 32 heavy (non-hydrogen) atoms. The van der Waals surface area contributed by atoms with Crippen molar-refractivity contribution in [3.63, 3.8) is 0 Å². The van der Waals surface area contributed by atoms with Crippen LogP contribution in [0, 0.1) is 5.92 Å². The van der Waals surface area contributed by atoms with Crippen molar-refractivity contribution in [1.29, 1.82) is 0 Å². The van der Waals surface area contributed by atoms with Crippen LogP contribution in [0.5, 0.6) is 5.75 Å². The van der Waals surface area contributed by atoms with E-state index < -0.39 is 10.0 Å². The summed E-state index contributed by atoms with van der Waals surface area (Å²) >= 11 is 0. The number of amides is 1. The van der Waals surface area contributed by atoms with Crippen LogP contribution >= 0.6 is 0 Å². The van der Waals surface area contributed by atoms with Crippen molar-refractivity contribution in [1.82, 2.24) is 9.21 Å². The summed E-state index contributed by atoms with van der Waals surface area (Å²) in [5, 5.41) is 0. The molecule has 2 aliphatic heterocycles. The Morgan fingerprint density at radius 3 is 2.31 bits per heavy atom. The molecule has 1 atom stereocenters. The number of carbonyl (C=O) groups excluding carboxylic acids is 1. The number of ether oxygens (including phenoxy) is 1. The van der Waals surface area contributed by atoms with Gasteiger partial charge in [0, 0.05) is 45.0 Å². The summed E-state index contributed by atoms with van der Waals surface area (Å²) < 4.78 is 33.2. The normalized spacial score (nSPS) is 20.2. The minimum atomic E-state index is -3.64. The highest BCUT2D eigenvalue weighted by Gasteiger charge is 2.35. The summed E-state index contributed by atoms with van der Waals surface area (Å²) in [6.45, 7) is 6.01. The molecule has 0 aliphatic carbocycles. The number of anilines is 1. The minimum Gasteiger partial charge on any atom is -0.494 e. The third-order valence-electron chi connectivity index (χ3n) is 6.22. The van der Waals surface area contributed by atoms with Crippen LogP contribution in [-0.2, 0) is 14.8 Å². The van der Waals surface area contributed by atoms with E-state index in [4.69, 9.17) is 4.74 Å². The van der Waals surface area contributed by atoms with Crippen LogP contribution in [0.3, 0.4) is 0 Å². The summed E-state index contributed by atoms with van der Waals surface area (Å²) in [5.74, 6) is 0.432. The molecule has 0 aromatic heterocycles. The van der Waals surface area contributed by atoms with Crippen LogP contribution in [0.1, 0.15) is 19.8 Å². The highest BCUT2D eigenvalue weighted by Crippen LogP contribution is 2.27. The van der Waals surface area contributed by atoms with E-state index in [9.17, 15) is 13.2 Å². The average Bonchev–Trinajstić information content (AvgIpc) is 2.85. The van der Waals surface area contributed by atoms with Gasteiger partial charge in [-0.2, -0.15) is 4.31 Å². The first-order valence-corrected chi connectivity index (χ1v) is 12.7. The third kappa shape index (κ3) is 4.91. The molecular weight excluding hydrogens is 426 g/mol. The molecule has 4 rings (SSSR count). The lowest BCUT2D eigenvalue weighted by atomic mass is 9.97. The van der Waals surface area contributed by atoms with Gasteiger partial charge in [-0.1, -0.05) is 18.2 Å². The van der Waals surface area contributed by atoms with Crippen LogP contribution < -0.4 is 9.64 Å². The van der Waals surface area contributed by atoms with Crippen molar-refractivity contribution in [2.45, 2.75) is 24.7 Å². The van der Waals surface area contributed by atoms with Crippen molar-refractivity contribution in [3.8, 4) is 5.75 Å². The standard InChI is InChI=1S/C24H31N3O4S/c1-2-31-22-10-12-23(13-11-22)32(29,30)27-14-6-7-20(19-27)24(28)26-17-15-25(16-18-26)21-8-4-3-5-9-21/h3-5,8-13,20H,2,6-7,14-19H2,1H3/t20-/m1/s1. The molecule has 0 bridgehead atoms. The molecule has 0 saturated carbocycles. The fourth-order valence-electron chi connectivity index (χ4n) is 4.47. The quantitative estimate of drug-likeness (QED) is 0.667. The number of carbonyl (C=O) groups is 1. The van der Waals surface area contributed by atoms with Gasteiger partial charge in [0.2, 0.25) is 15.9 Å². The molecular formula is C24H31N3O4S. The van der Waals surface area contributed by atoms with E-state index in [0.29, 0.717) is 38.4 Å². The molecule has 7 nitrogen and oxygen atoms in total. The zero-order valence-corrected chi connectivity index (χ0v) is 19.3. The van der Waals surface area contributed by atoms with Crippen molar-refractivity contribution in [3.05, 3.63) is 54.6 Å². The van der Waals surface area contributed by atoms with Gasteiger partial charge in [0.05, 0.1) is 17.4 Å². The summed E-state index contributed by atoms with van der Waals surface area (Å²) in [6.07, 6.45) is 1.42. The maximum absolute atomic E-state index is 13.2. The van der Waals surface area contributed by atoms with Gasteiger partial charge in [0.15, 0.2) is 0 Å². The Morgan fingerprint density at radius 2 is 1.66 bits per heavy atom. The van der Waals surface area contributed by atoms with Gasteiger partial charge in [-0.3, -0.25) is 4.79 Å². The van der Waals surface area contributed by atoms with Crippen molar-refractivity contribution in [2.75, 3.05) is 50.8 Å². The number of nitrogens with zero attached hydrogens (tertiary/aromatic N) is 3. The lowest BCUT2D eigenvalue weighted by Gasteiger charge is -2.39. The molecule has 0 N–H and O–H groups in total. The fourth-order valence-corrected chi connectivity index (χ4v) is 5.99. The van der Waals surface area contributed by atoms with E-state index in [1.165, 1.54) is 9.99 Å². The summed E-state index contributed by atoms with van der Waals surface area (Å²) in [6, 6.07) is 16.7. The summed E-state index contributed by atoms with van der Waals surface area (Å²) in [7, 11) is -3.64. The molecule has 1 amide bonds. The van der Waals surface area contributed by atoms with Crippen LogP contribution in [0.2, 0.25) is 0 Å². The van der Waals surface area contributed by atoms with E-state index in [-0.39, 0.29) is 23.3 Å². The van der Waals surface area contributed by atoms with Crippen molar-refractivity contribution < 1.29 is 17.9 Å². The van der Waals surface area contributed by atoms with Gasteiger partial charge in [0.25, 0.3) is 0 Å². The van der Waals surface area contributed by atoms with Crippen LogP contribution in [-0.4, -0.2) is 69.4 Å². The lowest BCUT2D eigenvalue weighted by molar-refractivity contribution is -0.137. The third-order valence-corrected chi connectivity index (χ3v) is 8.10. The van der Waals surface area contributed by atoms with E-state index >= 15 is 0 Å². The Kier molecular flexibility index (Phi) is 7.01. The molecule has 2 aromatic carbocycles. The second-order valence-corrected chi connectivity index (χ2v) is 10.2. The highest BCUT2D eigenvalue weighted by atomic mass is 32.2. The topological polar surface area (TPSA) is 70.2 Å². The Morgan fingerprint density at radius 1 is 0.969 bits per heavy atom. The fraction of sp³-hybridized carbons (Fsp3) is 0.458. The first kappa shape index (κ1) is 22.6. The Labute approximate surface area is 190 Å². The molecule has 0 unspecified atom stereocenters. The first-order chi connectivity index (χ1) is 15.5. The van der Waals surface area contributed by atoms with Gasteiger partial charge in [0.1, 0.15) is 5.75 Å². The molecule has 0 spiro atoms. The Hall–Kier alpha value is -2.58. The van der Waals surface area contributed by atoms with Crippen molar-refractivity contribution in [2.24, 2.45) is 5.92 Å². The second-order valence-electron chi connectivity index (χ2n) is 8.25. The number of benzene rings is 2. The van der Waals surface area contributed by atoms with Crippen LogP contribution in [0.25, 0.3) is 0 Å². The molecule has 2 saturated heterocycles. The predicted molar refractivity (Wildman–Crippen MR) is 124 cm³/mol. The SMILES string of the molecule is CCOc1ccc(S(=O)(=O)N2CCC[C@@H](C(=O)N3CCN(c4ccccc4)CC3)C2)cc1. The van der Waals surface area contributed by atoms with Crippen LogP contribution in [0.4, 0.5) is 5.69 Å². The second kappa shape index (κ2) is 9.92. The van der Waals surface area contributed by atoms with Crippen LogP contribution in [0.15, 0.2) is 59.5 Å². The molecule has 2 aliphatic rings. The van der Waals surface area contributed by atoms with E-state index in [1.807, 2.05) is 30.0 Å². The minimum absolute atomic E-state index is 0.0734. The number of sulfonamides is 1. The maximum atomic E-state index is 13.2. The largest absolute Gasteiger partial charge is 0.494 e. The van der Waals surface area contributed by atoms with E-state index in [0.717, 1.165) is 19.5 Å². The highest BCUT2D eigenvalue weighted by molar-refractivity contribution is 7.89. The predicted octanol–water partition coefficient (Wildman–Crippen LogP) is 2.83. The first-order valence-electron chi connectivity index (χ1n) is 11.3. The summed E-state index contributed by atoms with van der Waals surface area (Å²) in [5.41, 5.74) is 1.17. The van der Waals surface area contributed by atoms with Gasteiger partial charge < -0.3 is 14.5 Å².